The van der Waals surface area contributed by atoms with E-state index in [0.717, 1.165) is 25.2 Å². The highest BCUT2D eigenvalue weighted by Crippen LogP contribution is 2.35. The zero-order chi connectivity index (χ0) is 26.1. The van der Waals surface area contributed by atoms with E-state index in [9.17, 15) is 9.47 Å². The largest absolute Gasteiger partial charge is 0.324 e. The van der Waals surface area contributed by atoms with Gasteiger partial charge >= 0.3 is 0 Å². The van der Waals surface area contributed by atoms with Gasteiger partial charge in [-0.05, 0) is 59.8 Å². The summed E-state index contributed by atoms with van der Waals surface area (Å²) >= 11 is 0. The Hall–Kier alpha value is -3.55. The molecule has 1 aromatic carbocycles. The number of nitrogens with one attached hydrogen (secondary N) is 2. The van der Waals surface area contributed by atoms with Gasteiger partial charge in [0.2, 0.25) is 5.95 Å². The molecule has 1 aliphatic rings. The van der Waals surface area contributed by atoms with E-state index >= 15 is 0 Å². The maximum Gasteiger partial charge on any atom is 0.229 e. The van der Waals surface area contributed by atoms with E-state index in [2.05, 4.69) is 80.9 Å². The minimum Gasteiger partial charge on any atom is -0.324 e. The van der Waals surface area contributed by atoms with E-state index < -0.39 is 9.73 Å². The van der Waals surface area contributed by atoms with Crippen molar-refractivity contribution in [2.24, 2.45) is 4.36 Å². The lowest BCUT2D eigenvalue weighted by Crippen LogP contribution is -2.29. The van der Waals surface area contributed by atoms with Crippen molar-refractivity contribution in [1.29, 1.82) is 5.26 Å². The molecule has 0 atom stereocenters. The highest BCUT2D eigenvalue weighted by molar-refractivity contribution is 7.92. The monoisotopic (exact) mass is 504 g/mol. The third kappa shape index (κ3) is 6.17. The minimum absolute atomic E-state index is 0.00195. The van der Waals surface area contributed by atoms with E-state index in [4.69, 9.17) is 0 Å². The van der Waals surface area contributed by atoms with Crippen LogP contribution in [0, 0.1) is 11.3 Å². The Morgan fingerprint density at radius 3 is 2.64 bits per heavy atom. The van der Waals surface area contributed by atoms with Crippen LogP contribution >= 0.6 is 0 Å². The van der Waals surface area contributed by atoms with Gasteiger partial charge in [0, 0.05) is 41.0 Å². The SMILES string of the molecule is CN1CCc2c(cc(Nc3ncc(C#N)c(Nc4cccc(N=S(C)(C)=O)n4)n3)cc2C(C)(C)C)C1. The van der Waals surface area contributed by atoms with Crippen LogP contribution in [0.15, 0.2) is 40.9 Å². The summed E-state index contributed by atoms with van der Waals surface area (Å²) in [5.41, 5.74) is 5.23. The van der Waals surface area contributed by atoms with Crippen LogP contribution in [0.1, 0.15) is 43.0 Å². The number of aromatic nitrogens is 3. The van der Waals surface area contributed by atoms with Crippen molar-refractivity contribution < 1.29 is 4.21 Å². The predicted molar refractivity (Wildman–Crippen MR) is 145 cm³/mol. The molecule has 0 saturated heterocycles. The Balaban J connectivity index is 1.67. The lowest BCUT2D eigenvalue weighted by atomic mass is 9.79. The third-order valence-electron chi connectivity index (χ3n) is 5.79. The second-order valence-electron chi connectivity index (χ2n) is 10.4. The van der Waals surface area contributed by atoms with E-state index in [0.29, 0.717) is 23.4 Å². The Kier molecular flexibility index (Phi) is 6.98. The molecule has 0 unspecified atom stereocenters. The fourth-order valence-corrected chi connectivity index (χ4v) is 4.77. The molecule has 2 N–H and O–H groups in total. The number of pyridine rings is 1. The van der Waals surface area contributed by atoms with Crippen LogP contribution in [0.5, 0.6) is 0 Å². The van der Waals surface area contributed by atoms with Crippen LogP contribution in [-0.2, 0) is 28.1 Å². The molecule has 36 heavy (non-hydrogen) atoms. The molecule has 2 aromatic heterocycles. The van der Waals surface area contributed by atoms with E-state index in [1.165, 1.54) is 22.9 Å². The van der Waals surface area contributed by atoms with Gasteiger partial charge in [-0.25, -0.2) is 14.2 Å². The fourth-order valence-electron chi connectivity index (χ4n) is 4.22. The molecule has 0 aliphatic carbocycles. The topological polar surface area (TPSA) is 119 Å². The number of anilines is 4. The van der Waals surface area contributed by atoms with E-state index in [1.54, 1.807) is 30.7 Å². The van der Waals surface area contributed by atoms with Gasteiger partial charge in [0.25, 0.3) is 0 Å². The number of benzene rings is 1. The van der Waals surface area contributed by atoms with Crippen molar-refractivity contribution in [1.82, 2.24) is 19.9 Å². The predicted octanol–water partition coefficient (Wildman–Crippen LogP) is 4.87. The van der Waals surface area contributed by atoms with Gasteiger partial charge < -0.3 is 15.5 Å². The van der Waals surface area contributed by atoms with Crippen LogP contribution < -0.4 is 10.6 Å². The van der Waals surface area contributed by atoms with E-state index in [-0.39, 0.29) is 11.0 Å². The first-order chi connectivity index (χ1) is 16.9. The van der Waals surface area contributed by atoms with Gasteiger partial charge in [-0.15, -0.1) is 0 Å². The summed E-state index contributed by atoms with van der Waals surface area (Å²) in [6.07, 6.45) is 5.61. The summed E-state index contributed by atoms with van der Waals surface area (Å²) < 4.78 is 16.2. The van der Waals surface area contributed by atoms with Crippen molar-refractivity contribution in [2.45, 2.75) is 39.2 Å². The second-order valence-corrected chi connectivity index (χ2v) is 12.9. The van der Waals surface area contributed by atoms with Gasteiger partial charge in [0.15, 0.2) is 11.6 Å². The number of nitriles is 1. The molecule has 9 nitrogen and oxygen atoms in total. The first-order valence-corrected chi connectivity index (χ1v) is 14.0. The second kappa shape index (κ2) is 9.84. The summed E-state index contributed by atoms with van der Waals surface area (Å²) in [7, 11) is -0.216. The average molecular weight is 505 g/mol. The zero-order valence-corrected chi connectivity index (χ0v) is 22.4. The highest BCUT2D eigenvalue weighted by atomic mass is 32.2. The van der Waals surface area contributed by atoms with Crippen LogP contribution in [-0.4, -0.2) is 50.2 Å². The summed E-state index contributed by atoms with van der Waals surface area (Å²) in [4.78, 5) is 15.6. The van der Waals surface area contributed by atoms with Gasteiger partial charge in [0.1, 0.15) is 17.5 Å². The Morgan fingerprint density at radius 1 is 1.17 bits per heavy atom. The van der Waals surface area contributed by atoms with Crippen molar-refractivity contribution in [2.75, 3.05) is 36.7 Å². The molecule has 10 heteroatoms. The van der Waals surface area contributed by atoms with Gasteiger partial charge in [0.05, 0.1) is 6.20 Å². The quantitative estimate of drug-likeness (QED) is 0.505. The van der Waals surface area contributed by atoms with Gasteiger partial charge in [-0.2, -0.15) is 14.6 Å². The first-order valence-electron chi connectivity index (χ1n) is 11.7. The van der Waals surface area contributed by atoms with Crippen molar-refractivity contribution in [3.05, 3.63) is 58.8 Å². The molecule has 0 amide bonds. The molecule has 0 spiro atoms. The molecule has 1 aliphatic heterocycles. The number of hydrogen-bond acceptors (Lipinski definition) is 9. The number of fused-ring (bicyclic) bond motifs is 1. The zero-order valence-electron chi connectivity index (χ0n) is 21.6. The maximum atomic E-state index is 12.0. The molecule has 188 valence electrons. The smallest absolute Gasteiger partial charge is 0.229 e. The Labute approximate surface area is 213 Å². The van der Waals surface area contributed by atoms with Gasteiger partial charge in [-0.3, -0.25) is 0 Å². The molecular formula is C26H32N8OS. The number of nitrogens with zero attached hydrogens (tertiary/aromatic N) is 6. The molecule has 0 bridgehead atoms. The number of likely N-dealkylation sites (N-methyl/N-ethyl adjacent to an activating group) is 1. The van der Waals surface area contributed by atoms with Crippen LogP contribution in [0.4, 0.5) is 29.1 Å². The molecule has 4 rings (SSSR count). The lowest BCUT2D eigenvalue weighted by molar-refractivity contribution is 0.311. The summed E-state index contributed by atoms with van der Waals surface area (Å²) in [6, 6.07) is 11.6. The standard InChI is InChI=1S/C26H32N8OS/c1-26(2,3)21-13-19(12-17-16-34(4)11-10-20(17)21)29-25-28-15-18(14-27)24(32-25)31-22-8-7-9-23(30-22)33-36(5,6)35/h7-9,12-13,15H,10-11,16H2,1-6H3,(H2,28,29,30,31,32). The van der Waals surface area contributed by atoms with Crippen LogP contribution in [0.2, 0.25) is 0 Å². The van der Waals surface area contributed by atoms with Gasteiger partial charge in [-0.1, -0.05) is 26.8 Å². The summed E-state index contributed by atoms with van der Waals surface area (Å²) in [5.74, 6) is 1.47. The molecule has 3 heterocycles. The lowest BCUT2D eigenvalue weighted by Gasteiger charge is -2.32. The average Bonchev–Trinajstić information content (AvgIpc) is 2.77. The van der Waals surface area contributed by atoms with Crippen LogP contribution in [0.3, 0.4) is 0 Å². The third-order valence-corrected chi connectivity index (χ3v) is 6.42. The summed E-state index contributed by atoms with van der Waals surface area (Å²) in [6.45, 7) is 8.63. The number of hydrogen-bond donors (Lipinski definition) is 2. The van der Waals surface area contributed by atoms with Crippen molar-refractivity contribution in [3.63, 3.8) is 0 Å². The molecule has 0 saturated carbocycles. The summed E-state index contributed by atoms with van der Waals surface area (Å²) in [5, 5.41) is 16.0. The highest BCUT2D eigenvalue weighted by Gasteiger charge is 2.24. The number of rotatable bonds is 5. The Morgan fingerprint density at radius 2 is 1.94 bits per heavy atom. The Bertz CT molecular complexity index is 1450. The molecule has 0 radical (unpaired) electrons. The molecule has 3 aromatic rings. The first kappa shape index (κ1) is 25.5. The molecule has 0 fully saturated rings. The van der Waals surface area contributed by atoms with Crippen LogP contribution in [0.25, 0.3) is 0 Å². The maximum absolute atomic E-state index is 12.0. The fraction of sp³-hybridized carbons (Fsp3) is 0.385. The molecular weight excluding hydrogens is 472 g/mol. The minimum atomic E-state index is -2.35. The van der Waals surface area contributed by atoms with Crippen molar-refractivity contribution >= 4 is 38.8 Å². The van der Waals surface area contributed by atoms with Crippen molar-refractivity contribution in [3.8, 4) is 6.07 Å². The van der Waals surface area contributed by atoms with E-state index in [1.807, 2.05) is 0 Å². The normalized spacial score (nSPS) is 14.0.